The molecule has 0 bridgehead atoms. The summed E-state index contributed by atoms with van der Waals surface area (Å²) in [6.45, 7) is 7.17. The molecule has 1 heterocycles. The van der Waals surface area contributed by atoms with E-state index in [1.165, 1.54) is 6.07 Å². The summed E-state index contributed by atoms with van der Waals surface area (Å²) >= 11 is 0. The summed E-state index contributed by atoms with van der Waals surface area (Å²) in [4.78, 5) is 3.02. The Bertz CT molecular complexity index is 549. The number of hydrogen-bond donors (Lipinski definition) is 2. The van der Waals surface area contributed by atoms with Crippen LogP contribution in [0.2, 0.25) is 0 Å². The highest BCUT2D eigenvalue weighted by Crippen LogP contribution is 2.29. The molecule has 2 N–H and O–H groups in total. The Kier molecular flexibility index (Phi) is 2.31. The summed E-state index contributed by atoms with van der Waals surface area (Å²) < 4.78 is 13.8. The Morgan fingerprint density at radius 3 is 2.44 bits per heavy atom. The number of halogens is 1. The number of fused-ring (bicyclic) bond motifs is 1. The Labute approximate surface area is 94.1 Å². The fraction of sp³-hybridized carbons (Fsp3) is 0.385. The fourth-order valence-electron chi connectivity index (χ4n) is 1.87. The van der Waals surface area contributed by atoms with Crippen molar-refractivity contribution in [1.29, 1.82) is 0 Å². The number of nitrogens with one attached hydrogen (secondary N) is 1. The molecule has 0 spiro atoms. The Morgan fingerprint density at radius 2 is 1.88 bits per heavy atom. The van der Waals surface area contributed by atoms with Crippen molar-refractivity contribution >= 4 is 10.9 Å². The van der Waals surface area contributed by atoms with Gasteiger partial charge in [0.25, 0.3) is 0 Å². The molecule has 0 radical (unpaired) electrons. The molecule has 2 nitrogen and oxygen atoms in total. The zero-order valence-electron chi connectivity index (χ0n) is 9.98. The van der Waals surface area contributed by atoms with Crippen molar-refractivity contribution in [3.05, 3.63) is 34.8 Å². The minimum absolute atomic E-state index is 0.314. The number of hydrogen-bond acceptors (Lipinski definition) is 1. The number of rotatable bonds is 1. The van der Waals surface area contributed by atoms with Crippen LogP contribution in [-0.4, -0.2) is 10.1 Å². The molecule has 16 heavy (non-hydrogen) atoms. The van der Waals surface area contributed by atoms with Crippen LogP contribution in [0.1, 0.15) is 30.7 Å². The highest BCUT2D eigenvalue weighted by Gasteiger charge is 2.19. The Hall–Kier alpha value is -1.35. The molecule has 86 valence electrons. The largest absolute Gasteiger partial charge is 0.386 e. The van der Waals surface area contributed by atoms with Gasteiger partial charge in [0.2, 0.25) is 0 Å². The topological polar surface area (TPSA) is 36.0 Å². The van der Waals surface area contributed by atoms with Crippen molar-refractivity contribution < 1.29 is 9.50 Å². The third-order valence-electron chi connectivity index (χ3n) is 3.08. The van der Waals surface area contributed by atoms with Gasteiger partial charge >= 0.3 is 0 Å². The van der Waals surface area contributed by atoms with Crippen LogP contribution in [-0.2, 0) is 5.60 Å². The first kappa shape index (κ1) is 11.1. The van der Waals surface area contributed by atoms with Crippen LogP contribution in [0.5, 0.6) is 0 Å². The molecular weight excluding hydrogens is 205 g/mol. The summed E-state index contributed by atoms with van der Waals surface area (Å²) in [5.74, 6) is -0.314. The van der Waals surface area contributed by atoms with Gasteiger partial charge in [-0.2, -0.15) is 0 Å². The van der Waals surface area contributed by atoms with Gasteiger partial charge in [0, 0.05) is 11.1 Å². The smallest absolute Gasteiger partial charge is 0.147 e. The van der Waals surface area contributed by atoms with E-state index >= 15 is 0 Å². The van der Waals surface area contributed by atoms with Crippen LogP contribution in [0.4, 0.5) is 4.39 Å². The van der Waals surface area contributed by atoms with E-state index in [4.69, 9.17) is 0 Å². The zero-order chi connectivity index (χ0) is 12.1. The van der Waals surface area contributed by atoms with E-state index in [0.29, 0.717) is 11.1 Å². The lowest BCUT2D eigenvalue weighted by Crippen LogP contribution is -2.15. The molecule has 1 aromatic carbocycles. The molecular formula is C13H16FNO. The van der Waals surface area contributed by atoms with Crippen LogP contribution in [0, 0.1) is 19.7 Å². The standard InChI is InChI=1S/C13H16FNO/c1-7-8(2)15-12-10(7)5-9(6-11(12)14)13(3,4)16/h5-6,15-16H,1-4H3. The van der Waals surface area contributed by atoms with E-state index in [9.17, 15) is 9.50 Å². The van der Waals surface area contributed by atoms with E-state index in [-0.39, 0.29) is 5.82 Å². The molecule has 1 aromatic heterocycles. The van der Waals surface area contributed by atoms with Crippen LogP contribution >= 0.6 is 0 Å². The maximum Gasteiger partial charge on any atom is 0.147 e. The van der Waals surface area contributed by atoms with E-state index in [0.717, 1.165) is 16.6 Å². The molecule has 0 saturated heterocycles. The summed E-state index contributed by atoms with van der Waals surface area (Å²) in [5.41, 5.74) is 2.08. The maximum atomic E-state index is 13.8. The quantitative estimate of drug-likeness (QED) is 0.762. The minimum Gasteiger partial charge on any atom is -0.386 e. The van der Waals surface area contributed by atoms with Gasteiger partial charge in [-0.1, -0.05) is 0 Å². The second kappa shape index (κ2) is 3.32. The van der Waals surface area contributed by atoms with E-state index < -0.39 is 5.60 Å². The van der Waals surface area contributed by atoms with Gasteiger partial charge in [-0.05, 0) is 51.0 Å². The van der Waals surface area contributed by atoms with Crippen LogP contribution in [0.3, 0.4) is 0 Å². The normalized spacial score (nSPS) is 12.4. The first-order valence-corrected chi connectivity index (χ1v) is 5.32. The average Bonchev–Trinajstić information content (AvgIpc) is 2.44. The van der Waals surface area contributed by atoms with Gasteiger partial charge < -0.3 is 10.1 Å². The molecule has 0 unspecified atom stereocenters. The van der Waals surface area contributed by atoms with Crippen LogP contribution in [0.25, 0.3) is 10.9 Å². The predicted molar refractivity (Wildman–Crippen MR) is 63.0 cm³/mol. The third-order valence-corrected chi connectivity index (χ3v) is 3.08. The fourth-order valence-corrected chi connectivity index (χ4v) is 1.87. The summed E-state index contributed by atoms with van der Waals surface area (Å²) in [5, 5.41) is 10.7. The minimum atomic E-state index is -1.02. The SMILES string of the molecule is Cc1[nH]c2c(F)cc(C(C)(C)O)cc2c1C. The number of aliphatic hydroxyl groups is 1. The summed E-state index contributed by atoms with van der Waals surface area (Å²) in [6.07, 6.45) is 0. The monoisotopic (exact) mass is 221 g/mol. The lowest BCUT2D eigenvalue weighted by molar-refractivity contribution is 0.0784. The van der Waals surface area contributed by atoms with Crippen molar-refractivity contribution in [1.82, 2.24) is 4.98 Å². The maximum absolute atomic E-state index is 13.8. The molecule has 3 heteroatoms. The second-order valence-electron chi connectivity index (χ2n) is 4.81. The second-order valence-corrected chi connectivity index (χ2v) is 4.81. The molecule has 0 atom stereocenters. The van der Waals surface area contributed by atoms with Gasteiger partial charge in [-0.25, -0.2) is 4.39 Å². The molecule has 0 saturated carbocycles. The number of aryl methyl sites for hydroxylation is 2. The molecule has 2 aromatic rings. The number of aromatic nitrogens is 1. The van der Waals surface area contributed by atoms with Crippen molar-refractivity contribution in [2.24, 2.45) is 0 Å². The van der Waals surface area contributed by atoms with Gasteiger partial charge in [0.15, 0.2) is 0 Å². The zero-order valence-corrected chi connectivity index (χ0v) is 9.98. The Morgan fingerprint density at radius 1 is 1.25 bits per heavy atom. The number of H-pyrrole nitrogens is 1. The first-order chi connectivity index (χ1) is 7.30. The molecule has 2 rings (SSSR count). The summed E-state index contributed by atoms with van der Waals surface area (Å²) in [7, 11) is 0. The lowest BCUT2D eigenvalue weighted by atomic mass is 9.96. The van der Waals surface area contributed by atoms with Crippen LogP contribution in [0.15, 0.2) is 12.1 Å². The van der Waals surface area contributed by atoms with Crippen LogP contribution < -0.4 is 0 Å². The highest BCUT2D eigenvalue weighted by atomic mass is 19.1. The van der Waals surface area contributed by atoms with Gasteiger partial charge in [-0.15, -0.1) is 0 Å². The molecule has 0 amide bonds. The third kappa shape index (κ3) is 1.61. The number of benzene rings is 1. The summed E-state index contributed by atoms with van der Waals surface area (Å²) in [6, 6.07) is 3.23. The van der Waals surface area contributed by atoms with E-state index in [1.807, 2.05) is 19.9 Å². The predicted octanol–water partition coefficient (Wildman–Crippen LogP) is 3.15. The first-order valence-electron chi connectivity index (χ1n) is 5.32. The highest BCUT2D eigenvalue weighted by molar-refractivity contribution is 5.85. The molecule has 0 aliphatic carbocycles. The molecule has 0 aliphatic rings. The van der Waals surface area contributed by atoms with Crippen molar-refractivity contribution in [2.45, 2.75) is 33.3 Å². The van der Waals surface area contributed by atoms with Crippen molar-refractivity contribution in [2.75, 3.05) is 0 Å². The average molecular weight is 221 g/mol. The Balaban J connectivity index is 2.80. The number of aromatic amines is 1. The lowest BCUT2D eigenvalue weighted by Gasteiger charge is -2.18. The van der Waals surface area contributed by atoms with E-state index in [2.05, 4.69) is 4.98 Å². The molecule has 0 fully saturated rings. The van der Waals surface area contributed by atoms with Gasteiger partial charge in [0.1, 0.15) is 5.82 Å². The van der Waals surface area contributed by atoms with Crippen molar-refractivity contribution in [3.8, 4) is 0 Å². The van der Waals surface area contributed by atoms with Gasteiger partial charge in [0.05, 0.1) is 11.1 Å². The molecule has 0 aliphatic heterocycles. The van der Waals surface area contributed by atoms with Gasteiger partial charge in [-0.3, -0.25) is 0 Å². The van der Waals surface area contributed by atoms with E-state index in [1.54, 1.807) is 13.8 Å². The van der Waals surface area contributed by atoms with Crippen molar-refractivity contribution in [3.63, 3.8) is 0 Å².